The first-order valence-corrected chi connectivity index (χ1v) is 15.6. The Balaban J connectivity index is 1.25. The van der Waals surface area contributed by atoms with Crippen molar-refractivity contribution in [2.45, 2.75) is 16.1 Å². The zero-order valence-corrected chi connectivity index (χ0v) is 25.1. The molecule has 11 heteroatoms. The number of hydrogen-bond donors (Lipinski definition) is 1. The third-order valence-corrected chi connectivity index (χ3v) is 9.63. The topological polar surface area (TPSA) is 111 Å². The van der Waals surface area contributed by atoms with Crippen LogP contribution >= 0.6 is 23.1 Å². The quantitative estimate of drug-likeness (QED) is 0.0725. The molecule has 1 atom stereocenters. The van der Waals surface area contributed by atoms with Gasteiger partial charge in [-0.15, -0.1) is 10.2 Å². The fraction of sp³-hybridized carbons (Fsp3) is 0.152. The van der Waals surface area contributed by atoms with Gasteiger partial charge in [0.05, 0.1) is 18.7 Å². The largest absolute Gasteiger partial charge is 0.507 e. The molecule has 1 fully saturated rings. The van der Waals surface area contributed by atoms with Crippen molar-refractivity contribution in [1.29, 1.82) is 0 Å². The second-order valence-electron chi connectivity index (χ2n) is 10.1. The Morgan fingerprint density at radius 3 is 2.57 bits per heavy atom. The van der Waals surface area contributed by atoms with Crippen molar-refractivity contribution < 1.29 is 28.9 Å². The van der Waals surface area contributed by atoms with Gasteiger partial charge in [0, 0.05) is 11.3 Å². The van der Waals surface area contributed by atoms with Gasteiger partial charge in [-0.05, 0) is 52.2 Å². The molecule has 0 unspecified atom stereocenters. The number of amides is 1. The summed E-state index contributed by atoms with van der Waals surface area (Å²) in [6, 6.07) is 25.3. The Morgan fingerprint density at radius 2 is 1.75 bits per heavy atom. The molecule has 1 amide bonds. The minimum Gasteiger partial charge on any atom is -0.507 e. The molecule has 1 aromatic heterocycles. The van der Waals surface area contributed by atoms with Gasteiger partial charge in [-0.2, -0.15) is 0 Å². The number of anilines is 1. The van der Waals surface area contributed by atoms with Crippen molar-refractivity contribution in [2.24, 2.45) is 0 Å². The number of carbonyl (C=O) groups is 2. The van der Waals surface area contributed by atoms with E-state index in [4.69, 9.17) is 14.2 Å². The van der Waals surface area contributed by atoms with Gasteiger partial charge in [0.2, 0.25) is 5.13 Å². The summed E-state index contributed by atoms with van der Waals surface area (Å²) in [5, 5.41) is 22.8. The Morgan fingerprint density at radius 1 is 0.977 bits per heavy atom. The molecule has 0 bridgehead atoms. The summed E-state index contributed by atoms with van der Waals surface area (Å²) in [6.07, 6.45) is 0. The Hall–Kier alpha value is -4.87. The predicted octanol–water partition coefficient (Wildman–Crippen LogP) is 6.39. The standard InChI is InChI=1S/C33H25N3O6S2/c1-40-23-12-9-20(10-13-23)28-27(29(37)21-11-14-25-26(17-21)42-16-15-41-25)30(38)31(39)36(28)32-34-35-33(44-32)43-18-22-7-4-6-19-5-2-3-8-24(19)22/h2-14,17,28,37H,15-16,18H2,1H3/b29-27+/t28-/m0/s1. The molecule has 1 N–H and O–H groups in total. The van der Waals surface area contributed by atoms with Crippen LogP contribution in [0.2, 0.25) is 0 Å². The number of aliphatic hydroxyl groups excluding tert-OH is 1. The van der Waals surface area contributed by atoms with E-state index in [1.54, 1.807) is 49.6 Å². The number of nitrogens with zero attached hydrogens (tertiary/aromatic N) is 3. The fourth-order valence-electron chi connectivity index (χ4n) is 5.39. The summed E-state index contributed by atoms with van der Waals surface area (Å²) >= 11 is 2.73. The van der Waals surface area contributed by atoms with E-state index in [2.05, 4.69) is 34.5 Å². The smallest absolute Gasteiger partial charge is 0.301 e. The minimum atomic E-state index is -0.946. The van der Waals surface area contributed by atoms with Gasteiger partial charge in [-0.3, -0.25) is 14.5 Å². The van der Waals surface area contributed by atoms with Crippen molar-refractivity contribution in [3.8, 4) is 17.2 Å². The second kappa shape index (κ2) is 11.7. The number of fused-ring (bicyclic) bond motifs is 2. The number of ether oxygens (including phenoxy) is 3. The first-order valence-electron chi connectivity index (χ1n) is 13.8. The van der Waals surface area contributed by atoms with E-state index in [-0.39, 0.29) is 16.5 Å². The molecule has 9 nitrogen and oxygen atoms in total. The molecule has 0 spiro atoms. The highest BCUT2D eigenvalue weighted by Gasteiger charge is 2.48. The summed E-state index contributed by atoms with van der Waals surface area (Å²) in [5.74, 6) is 0.319. The molecular weight excluding hydrogens is 599 g/mol. The normalized spacial score (nSPS) is 17.3. The monoisotopic (exact) mass is 623 g/mol. The van der Waals surface area contributed by atoms with Crippen molar-refractivity contribution in [3.63, 3.8) is 0 Å². The van der Waals surface area contributed by atoms with E-state index in [1.165, 1.54) is 28.0 Å². The van der Waals surface area contributed by atoms with E-state index in [9.17, 15) is 14.7 Å². The zero-order chi connectivity index (χ0) is 30.2. The van der Waals surface area contributed by atoms with Crippen LogP contribution in [0.4, 0.5) is 5.13 Å². The maximum atomic E-state index is 13.6. The van der Waals surface area contributed by atoms with Crippen LogP contribution in [0.15, 0.2) is 94.8 Å². The lowest BCUT2D eigenvalue weighted by molar-refractivity contribution is -0.132. The maximum Gasteiger partial charge on any atom is 0.301 e. The summed E-state index contributed by atoms with van der Waals surface area (Å²) < 4.78 is 17.2. The van der Waals surface area contributed by atoms with Gasteiger partial charge >= 0.3 is 5.91 Å². The maximum absolute atomic E-state index is 13.6. The third kappa shape index (κ3) is 5.03. The molecule has 5 aromatic rings. The van der Waals surface area contributed by atoms with E-state index < -0.39 is 17.7 Å². The molecule has 0 radical (unpaired) electrons. The van der Waals surface area contributed by atoms with Crippen LogP contribution in [0.25, 0.3) is 16.5 Å². The third-order valence-electron chi connectivity index (χ3n) is 7.52. The van der Waals surface area contributed by atoms with E-state index in [1.807, 2.05) is 18.2 Å². The number of rotatable bonds is 7. The summed E-state index contributed by atoms with van der Waals surface area (Å²) in [6.45, 7) is 0.788. The van der Waals surface area contributed by atoms with Crippen molar-refractivity contribution in [2.75, 3.05) is 25.2 Å². The fourth-order valence-corrected chi connectivity index (χ4v) is 7.27. The molecule has 0 aliphatic carbocycles. The SMILES string of the molecule is COc1ccc([C@H]2/C(=C(\O)c3ccc4c(c3)OCCO4)C(=O)C(=O)N2c2nnc(SCc3cccc4ccccc34)s2)cc1. The molecule has 2 aliphatic rings. The number of methoxy groups -OCH3 is 1. The summed E-state index contributed by atoms with van der Waals surface area (Å²) in [4.78, 5) is 28.5. The van der Waals surface area contributed by atoms with Gasteiger partial charge in [0.15, 0.2) is 15.8 Å². The molecule has 44 heavy (non-hydrogen) atoms. The average molecular weight is 624 g/mol. The number of aliphatic hydroxyl groups is 1. The van der Waals surface area contributed by atoms with Crippen LogP contribution in [-0.4, -0.2) is 47.3 Å². The lowest BCUT2D eigenvalue weighted by Gasteiger charge is -2.23. The molecule has 220 valence electrons. The Bertz CT molecular complexity index is 1930. The average Bonchev–Trinajstić information content (AvgIpc) is 3.64. The Labute approximate surface area is 260 Å². The van der Waals surface area contributed by atoms with E-state index >= 15 is 0 Å². The highest BCUT2D eigenvalue weighted by atomic mass is 32.2. The van der Waals surface area contributed by atoms with Gasteiger partial charge in [0.1, 0.15) is 24.7 Å². The first-order chi connectivity index (χ1) is 21.5. The highest BCUT2D eigenvalue weighted by molar-refractivity contribution is 8.00. The van der Waals surface area contributed by atoms with Crippen LogP contribution < -0.4 is 19.1 Å². The molecule has 2 aliphatic heterocycles. The number of ketones is 1. The predicted molar refractivity (Wildman–Crippen MR) is 169 cm³/mol. The minimum absolute atomic E-state index is 0.0583. The molecule has 1 saturated heterocycles. The summed E-state index contributed by atoms with van der Waals surface area (Å²) in [7, 11) is 1.56. The van der Waals surface area contributed by atoms with Crippen LogP contribution in [0.1, 0.15) is 22.7 Å². The lowest BCUT2D eigenvalue weighted by Crippen LogP contribution is -2.29. The lowest BCUT2D eigenvalue weighted by atomic mass is 9.95. The van der Waals surface area contributed by atoms with Gasteiger partial charge in [-0.25, -0.2) is 0 Å². The molecule has 4 aromatic carbocycles. The van der Waals surface area contributed by atoms with Crippen molar-refractivity contribution in [1.82, 2.24) is 10.2 Å². The van der Waals surface area contributed by atoms with Crippen LogP contribution in [0.5, 0.6) is 17.2 Å². The second-order valence-corrected chi connectivity index (χ2v) is 12.3. The molecule has 3 heterocycles. The van der Waals surface area contributed by atoms with Gasteiger partial charge in [-0.1, -0.05) is 77.7 Å². The molecule has 0 saturated carbocycles. The number of Topliss-reactive ketones (excluding diaryl/α,β-unsaturated/α-hetero) is 1. The zero-order valence-electron chi connectivity index (χ0n) is 23.4. The van der Waals surface area contributed by atoms with Crippen molar-refractivity contribution >= 4 is 56.5 Å². The Kier molecular flexibility index (Phi) is 7.41. The number of carbonyl (C=O) groups excluding carboxylic acids is 2. The number of benzene rings is 4. The molecular formula is C33H25N3O6S2. The van der Waals surface area contributed by atoms with Gasteiger partial charge in [0.25, 0.3) is 5.78 Å². The van der Waals surface area contributed by atoms with E-state index in [0.29, 0.717) is 51.7 Å². The number of aromatic nitrogens is 2. The first kappa shape index (κ1) is 27.9. The molecule has 7 rings (SSSR count). The number of hydrogen-bond acceptors (Lipinski definition) is 10. The number of thioether (sulfide) groups is 1. The van der Waals surface area contributed by atoms with Crippen LogP contribution in [0, 0.1) is 0 Å². The van der Waals surface area contributed by atoms with Crippen LogP contribution in [-0.2, 0) is 15.3 Å². The van der Waals surface area contributed by atoms with Crippen molar-refractivity contribution in [3.05, 3.63) is 107 Å². The van der Waals surface area contributed by atoms with Gasteiger partial charge < -0.3 is 19.3 Å². The highest BCUT2D eigenvalue weighted by Crippen LogP contribution is 2.45. The van der Waals surface area contributed by atoms with Crippen LogP contribution in [0.3, 0.4) is 0 Å². The summed E-state index contributed by atoms with van der Waals surface area (Å²) in [5.41, 5.74) is 2.03. The van der Waals surface area contributed by atoms with E-state index in [0.717, 1.165) is 16.3 Å².